The van der Waals surface area contributed by atoms with Gasteiger partial charge in [-0.2, -0.15) is 0 Å². The Balaban J connectivity index is 2.48. The number of aryl methyl sites for hydroxylation is 1. The lowest BCUT2D eigenvalue weighted by molar-refractivity contribution is 0.198. The molecule has 0 spiro atoms. The molecule has 1 aromatic heterocycles. The van der Waals surface area contributed by atoms with Crippen LogP contribution in [0.4, 0.5) is 0 Å². The average Bonchev–Trinajstić information content (AvgIpc) is 2.59. The van der Waals surface area contributed by atoms with Gasteiger partial charge in [-0.25, -0.2) is 4.98 Å². The van der Waals surface area contributed by atoms with Gasteiger partial charge >= 0.3 is 0 Å². The molecule has 1 aromatic carbocycles. The largest absolute Gasteiger partial charge is 0.389 e. The SMILES string of the molecule is Cc1ncn(-c2ccc([C@H](C)O)c(Br)c2)c1C. The molecule has 4 heteroatoms. The molecule has 0 saturated heterocycles. The minimum Gasteiger partial charge on any atom is -0.389 e. The lowest BCUT2D eigenvalue weighted by Crippen LogP contribution is -1.98. The van der Waals surface area contributed by atoms with Crippen LogP contribution in [0.5, 0.6) is 0 Å². The van der Waals surface area contributed by atoms with Crippen LogP contribution in [-0.4, -0.2) is 14.7 Å². The third-order valence-electron chi connectivity index (χ3n) is 2.96. The van der Waals surface area contributed by atoms with E-state index in [1.807, 2.05) is 42.9 Å². The van der Waals surface area contributed by atoms with Crippen LogP contribution in [0.1, 0.15) is 30.0 Å². The van der Waals surface area contributed by atoms with Gasteiger partial charge in [0.1, 0.15) is 0 Å². The van der Waals surface area contributed by atoms with Crippen LogP contribution in [0, 0.1) is 13.8 Å². The summed E-state index contributed by atoms with van der Waals surface area (Å²) in [6.07, 6.45) is 1.35. The first-order chi connectivity index (χ1) is 8.00. The lowest BCUT2D eigenvalue weighted by atomic mass is 10.1. The van der Waals surface area contributed by atoms with Gasteiger partial charge in [-0.05, 0) is 38.5 Å². The molecular formula is C13H15BrN2O. The number of imidazole rings is 1. The molecule has 0 radical (unpaired) electrons. The number of benzene rings is 1. The molecule has 1 atom stereocenters. The van der Waals surface area contributed by atoms with E-state index in [1.165, 1.54) is 0 Å². The van der Waals surface area contributed by atoms with Gasteiger partial charge in [0, 0.05) is 15.9 Å². The number of hydrogen-bond acceptors (Lipinski definition) is 2. The second kappa shape index (κ2) is 4.63. The Morgan fingerprint density at radius 2 is 2.06 bits per heavy atom. The van der Waals surface area contributed by atoms with Gasteiger partial charge < -0.3 is 9.67 Å². The standard InChI is InChI=1S/C13H15BrN2O/c1-8-9(2)16(7-15-8)11-4-5-12(10(3)17)13(14)6-11/h4-7,10,17H,1-3H3/t10-/m0/s1. The van der Waals surface area contributed by atoms with Gasteiger partial charge in [0.2, 0.25) is 0 Å². The van der Waals surface area contributed by atoms with Crippen LogP contribution < -0.4 is 0 Å². The zero-order valence-electron chi connectivity index (χ0n) is 10.1. The summed E-state index contributed by atoms with van der Waals surface area (Å²) in [4.78, 5) is 4.28. The maximum atomic E-state index is 9.58. The van der Waals surface area contributed by atoms with E-state index in [1.54, 1.807) is 6.92 Å². The molecule has 0 aliphatic heterocycles. The third-order valence-corrected chi connectivity index (χ3v) is 3.65. The molecule has 0 aliphatic carbocycles. The Kier molecular flexibility index (Phi) is 3.35. The van der Waals surface area contributed by atoms with E-state index in [0.29, 0.717) is 0 Å². The Morgan fingerprint density at radius 1 is 1.35 bits per heavy atom. The molecule has 3 nitrogen and oxygen atoms in total. The maximum Gasteiger partial charge on any atom is 0.0997 e. The number of rotatable bonds is 2. The van der Waals surface area contributed by atoms with E-state index in [4.69, 9.17) is 0 Å². The molecule has 0 bridgehead atoms. The summed E-state index contributed by atoms with van der Waals surface area (Å²) in [5.74, 6) is 0. The van der Waals surface area contributed by atoms with E-state index in [2.05, 4.69) is 20.9 Å². The fourth-order valence-corrected chi connectivity index (χ4v) is 2.46. The molecule has 0 aliphatic rings. The second-order valence-electron chi connectivity index (χ2n) is 4.17. The van der Waals surface area contributed by atoms with E-state index in [-0.39, 0.29) is 0 Å². The Morgan fingerprint density at radius 3 is 2.53 bits per heavy atom. The highest BCUT2D eigenvalue weighted by molar-refractivity contribution is 9.10. The minimum atomic E-state index is -0.468. The topological polar surface area (TPSA) is 38.0 Å². The van der Waals surface area contributed by atoms with E-state index >= 15 is 0 Å². The van der Waals surface area contributed by atoms with Gasteiger partial charge in [0.15, 0.2) is 0 Å². The highest BCUT2D eigenvalue weighted by Crippen LogP contribution is 2.26. The van der Waals surface area contributed by atoms with Crippen molar-refractivity contribution in [1.29, 1.82) is 0 Å². The highest BCUT2D eigenvalue weighted by Gasteiger charge is 2.09. The Hall–Kier alpha value is -1.13. The van der Waals surface area contributed by atoms with Crippen molar-refractivity contribution in [3.05, 3.63) is 46.0 Å². The zero-order valence-corrected chi connectivity index (χ0v) is 11.7. The normalized spacial score (nSPS) is 12.8. The molecule has 17 heavy (non-hydrogen) atoms. The number of aliphatic hydroxyl groups excluding tert-OH is 1. The van der Waals surface area contributed by atoms with Gasteiger partial charge in [0.05, 0.1) is 18.1 Å². The zero-order chi connectivity index (χ0) is 12.6. The van der Waals surface area contributed by atoms with Crippen LogP contribution in [-0.2, 0) is 0 Å². The smallest absolute Gasteiger partial charge is 0.0997 e. The van der Waals surface area contributed by atoms with Crippen LogP contribution >= 0.6 is 15.9 Å². The molecule has 0 unspecified atom stereocenters. The fraction of sp³-hybridized carbons (Fsp3) is 0.308. The summed E-state index contributed by atoms with van der Waals surface area (Å²) in [6.45, 7) is 5.79. The number of aliphatic hydroxyl groups is 1. The molecule has 0 saturated carbocycles. The van der Waals surface area contributed by atoms with Crippen molar-refractivity contribution in [1.82, 2.24) is 9.55 Å². The van der Waals surface area contributed by atoms with Crippen molar-refractivity contribution in [3.63, 3.8) is 0 Å². The predicted molar refractivity (Wildman–Crippen MR) is 71.4 cm³/mol. The van der Waals surface area contributed by atoms with Crippen LogP contribution in [0.3, 0.4) is 0 Å². The first kappa shape index (κ1) is 12.3. The summed E-state index contributed by atoms with van der Waals surface area (Å²) >= 11 is 3.48. The minimum absolute atomic E-state index is 0.468. The van der Waals surface area contributed by atoms with Crippen molar-refractivity contribution in [3.8, 4) is 5.69 Å². The van der Waals surface area contributed by atoms with Crippen LogP contribution in [0.15, 0.2) is 29.0 Å². The van der Waals surface area contributed by atoms with E-state index in [9.17, 15) is 5.11 Å². The fourth-order valence-electron chi connectivity index (χ4n) is 1.76. The van der Waals surface area contributed by atoms with Crippen molar-refractivity contribution in [2.24, 2.45) is 0 Å². The molecule has 0 amide bonds. The van der Waals surface area contributed by atoms with Crippen molar-refractivity contribution >= 4 is 15.9 Å². The molecule has 2 aromatic rings. The average molecular weight is 295 g/mol. The van der Waals surface area contributed by atoms with Gasteiger partial charge in [-0.15, -0.1) is 0 Å². The quantitative estimate of drug-likeness (QED) is 0.923. The molecular weight excluding hydrogens is 280 g/mol. The van der Waals surface area contributed by atoms with Crippen molar-refractivity contribution < 1.29 is 5.11 Å². The Bertz CT molecular complexity index is 546. The number of halogens is 1. The van der Waals surface area contributed by atoms with Gasteiger partial charge in [-0.3, -0.25) is 0 Å². The predicted octanol–water partition coefficient (Wildman–Crippen LogP) is 3.30. The number of hydrogen-bond donors (Lipinski definition) is 1. The van der Waals surface area contributed by atoms with Gasteiger partial charge in [0.25, 0.3) is 0 Å². The van der Waals surface area contributed by atoms with E-state index < -0.39 is 6.10 Å². The third kappa shape index (κ3) is 2.28. The summed E-state index contributed by atoms with van der Waals surface area (Å²) in [6, 6.07) is 5.91. The Labute approximate surface area is 109 Å². The molecule has 0 fully saturated rings. The number of nitrogens with zero attached hydrogens (tertiary/aromatic N) is 2. The molecule has 1 heterocycles. The van der Waals surface area contributed by atoms with Crippen LogP contribution in [0.2, 0.25) is 0 Å². The summed E-state index contributed by atoms with van der Waals surface area (Å²) in [5.41, 5.74) is 4.09. The van der Waals surface area contributed by atoms with E-state index in [0.717, 1.165) is 27.1 Å². The van der Waals surface area contributed by atoms with Gasteiger partial charge in [-0.1, -0.05) is 22.0 Å². The highest BCUT2D eigenvalue weighted by atomic mass is 79.9. The first-order valence-electron chi connectivity index (χ1n) is 5.49. The monoisotopic (exact) mass is 294 g/mol. The summed E-state index contributed by atoms with van der Waals surface area (Å²) < 4.78 is 2.95. The van der Waals surface area contributed by atoms with Crippen molar-refractivity contribution in [2.75, 3.05) is 0 Å². The van der Waals surface area contributed by atoms with Crippen LogP contribution in [0.25, 0.3) is 5.69 Å². The molecule has 1 N–H and O–H groups in total. The molecule has 2 rings (SSSR count). The van der Waals surface area contributed by atoms with Crippen molar-refractivity contribution in [2.45, 2.75) is 26.9 Å². The summed E-state index contributed by atoms with van der Waals surface area (Å²) in [5, 5.41) is 9.58. The summed E-state index contributed by atoms with van der Waals surface area (Å²) in [7, 11) is 0. The first-order valence-corrected chi connectivity index (χ1v) is 6.28. The number of aromatic nitrogens is 2. The second-order valence-corrected chi connectivity index (χ2v) is 5.02. The molecule has 90 valence electrons. The maximum absolute atomic E-state index is 9.58. The lowest BCUT2D eigenvalue weighted by Gasteiger charge is -2.11.